The summed E-state index contributed by atoms with van der Waals surface area (Å²) in [6.45, 7) is 3.99. The molecule has 1 aromatic rings. The van der Waals surface area contributed by atoms with Gasteiger partial charge in [-0.3, -0.25) is 4.79 Å². The summed E-state index contributed by atoms with van der Waals surface area (Å²) in [5.74, 6) is -0.762. The molecule has 0 fully saturated rings. The molecular formula is C14H20BrNO2. The van der Waals surface area contributed by atoms with Crippen molar-refractivity contribution < 1.29 is 9.90 Å². The van der Waals surface area contributed by atoms with Crippen LogP contribution in [0.5, 0.6) is 0 Å². The predicted molar refractivity (Wildman–Crippen MR) is 76.6 cm³/mol. The van der Waals surface area contributed by atoms with Crippen LogP contribution in [0.1, 0.15) is 31.9 Å². The molecule has 100 valence electrons. The van der Waals surface area contributed by atoms with Gasteiger partial charge in [0.25, 0.3) is 0 Å². The van der Waals surface area contributed by atoms with Crippen molar-refractivity contribution >= 4 is 21.9 Å². The van der Waals surface area contributed by atoms with E-state index in [4.69, 9.17) is 5.11 Å². The van der Waals surface area contributed by atoms with Gasteiger partial charge in [-0.25, -0.2) is 0 Å². The standard InChI is InChI=1S/C14H20BrNO2/c1-14(2,9-12(17)18)13(16(3)4)10-6-5-7-11(15)8-10/h5-8,13H,9H2,1-4H3,(H,17,18). The number of nitrogens with zero attached hydrogens (tertiary/aromatic N) is 1. The molecule has 1 rings (SSSR count). The Labute approximate surface area is 117 Å². The first-order valence-corrected chi connectivity index (χ1v) is 6.67. The van der Waals surface area contributed by atoms with E-state index in [9.17, 15) is 4.79 Å². The van der Waals surface area contributed by atoms with Gasteiger partial charge in [0.05, 0.1) is 6.42 Å². The Morgan fingerprint density at radius 2 is 2.06 bits per heavy atom. The van der Waals surface area contributed by atoms with Crippen LogP contribution in [0.2, 0.25) is 0 Å². The van der Waals surface area contributed by atoms with Crippen molar-refractivity contribution in [1.82, 2.24) is 4.90 Å². The van der Waals surface area contributed by atoms with Crippen molar-refractivity contribution in [2.45, 2.75) is 26.3 Å². The monoisotopic (exact) mass is 313 g/mol. The minimum atomic E-state index is -0.762. The van der Waals surface area contributed by atoms with Crippen molar-refractivity contribution in [1.29, 1.82) is 0 Å². The van der Waals surface area contributed by atoms with Crippen molar-refractivity contribution in [3.63, 3.8) is 0 Å². The van der Waals surface area contributed by atoms with Crippen LogP contribution in [-0.2, 0) is 4.79 Å². The lowest BCUT2D eigenvalue weighted by Gasteiger charge is -2.38. The molecule has 1 unspecified atom stereocenters. The van der Waals surface area contributed by atoms with E-state index in [1.165, 1.54) is 0 Å². The van der Waals surface area contributed by atoms with Crippen LogP contribution in [0.25, 0.3) is 0 Å². The fraction of sp³-hybridized carbons (Fsp3) is 0.500. The average molecular weight is 314 g/mol. The molecule has 0 bridgehead atoms. The zero-order chi connectivity index (χ0) is 13.9. The summed E-state index contributed by atoms with van der Waals surface area (Å²) in [5, 5.41) is 9.05. The first-order chi connectivity index (χ1) is 8.24. The highest BCUT2D eigenvalue weighted by molar-refractivity contribution is 9.10. The Bertz CT molecular complexity index is 430. The molecule has 1 N–H and O–H groups in total. The van der Waals surface area contributed by atoms with Gasteiger partial charge >= 0.3 is 5.97 Å². The van der Waals surface area contributed by atoms with Crippen molar-refractivity contribution in [3.8, 4) is 0 Å². The molecule has 0 spiro atoms. The predicted octanol–water partition coefficient (Wildman–Crippen LogP) is 3.55. The van der Waals surface area contributed by atoms with Gasteiger partial charge in [0, 0.05) is 10.5 Å². The second-order valence-corrected chi connectivity index (χ2v) is 6.40. The van der Waals surface area contributed by atoms with Gasteiger partial charge in [-0.1, -0.05) is 41.9 Å². The Morgan fingerprint density at radius 3 is 2.50 bits per heavy atom. The molecule has 1 atom stereocenters. The lowest BCUT2D eigenvalue weighted by Crippen LogP contribution is -2.35. The molecule has 0 amide bonds. The minimum Gasteiger partial charge on any atom is -0.481 e. The topological polar surface area (TPSA) is 40.5 Å². The van der Waals surface area contributed by atoms with E-state index in [0.717, 1.165) is 10.0 Å². The number of benzene rings is 1. The minimum absolute atomic E-state index is 0.0612. The van der Waals surface area contributed by atoms with Crippen molar-refractivity contribution in [2.75, 3.05) is 14.1 Å². The third-order valence-electron chi connectivity index (χ3n) is 3.03. The molecule has 1 aromatic carbocycles. The Morgan fingerprint density at radius 1 is 1.44 bits per heavy atom. The summed E-state index contributed by atoms with van der Waals surface area (Å²) in [6.07, 6.45) is 0.141. The summed E-state index contributed by atoms with van der Waals surface area (Å²) >= 11 is 3.46. The molecule has 4 heteroatoms. The number of carbonyl (C=O) groups is 1. The number of carboxylic acid groups (broad SMARTS) is 1. The van der Waals surface area contributed by atoms with Gasteiger partial charge in [-0.15, -0.1) is 0 Å². The molecule has 0 aromatic heterocycles. The van der Waals surface area contributed by atoms with Gasteiger partial charge in [0.1, 0.15) is 0 Å². The average Bonchev–Trinajstić information content (AvgIpc) is 2.13. The third kappa shape index (κ3) is 3.82. The van der Waals surface area contributed by atoms with Crippen LogP contribution in [0.4, 0.5) is 0 Å². The van der Waals surface area contributed by atoms with Crippen LogP contribution in [0.3, 0.4) is 0 Å². The van der Waals surface area contributed by atoms with E-state index in [1.54, 1.807) is 0 Å². The zero-order valence-corrected chi connectivity index (χ0v) is 12.9. The first-order valence-electron chi connectivity index (χ1n) is 5.88. The van der Waals surface area contributed by atoms with Gasteiger partial charge in [-0.05, 0) is 37.2 Å². The van der Waals surface area contributed by atoms with E-state index in [1.807, 2.05) is 52.2 Å². The van der Waals surface area contributed by atoms with Crippen LogP contribution in [-0.4, -0.2) is 30.1 Å². The molecule has 18 heavy (non-hydrogen) atoms. The second-order valence-electron chi connectivity index (χ2n) is 5.48. The van der Waals surface area contributed by atoms with E-state index >= 15 is 0 Å². The highest BCUT2D eigenvalue weighted by atomic mass is 79.9. The quantitative estimate of drug-likeness (QED) is 0.903. The summed E-state index contributed by atoms with van der Waals surface area (Å²) in [6, 6.07) is 8.10. The van der Waals surface area contributed by atoms with Crippen LogP contribution < -0.4 is 0 Å². The zero-order valence-electron chi connectivity index (χ0n) is 11.3. The Kier molecular flexibility index (Phi) is 4.93. The Hall–Kier alpha value is -0.870. The van der Waals surface area contributed by atoms with Gasteiger partial charge < -0.3 is 10.0 Å². The third-order valence-corrected chi connectivity index (χ3v) is 3.52. The normalized spacial score (nSPS) is 13.7. The number of hydrogen-bond acceptors (Lipinski definition) is 2. The number of carboxylic acids is 1. The molecule has 0 radical (unpaired) electrons. The smallest absolute Gasteiger partial charge is 0.303 e. The SMILES string of the molecule is CN(C)C(c1cccc(Br)c1)C(C)(C)CC(=O)O. The fourth-order valence-corrected chi connectivity index (χ4v) is 3.03. The summed E-state index contributed by atoms with van der Waals surface area (Å²) in [7, 11) is 3.96. The largest absolute Gasteiger partial charge is 0.481 e. The van der Waals surface area contributed by atoms with Crippen molar-refractivity contribution in [3.05, 3.63) is 34.3 Å². The van der Waals surface area contributed by atoms with E-state index < -0.39 is 5.97 Å². The molecular weight excluding hydrogens is 294 g/mol. The van der Waals surface area contributed by atoms with Gasteiger partial charge in [0.15, 0.2) is 0 Å². The number of hydrogen-bond donors (Lipinski definition) is 1. The lowest BCUT2D eigenvalue weighted by molar-refractivity contribution is -0.140. The molecule has 3 nitrogen and oxygen atoms in total. The van der Waals surface area contributed by atoms with Crippen molar-refractivity contribution in [2.24, 2.45) is 5.41 Å². The number of rotatable bonds is 5. The number of aliphatic carboxylic acids is 1. The molecule has 0 saturated heterocycles. The van der Waals surface area contributed by atoms with Gasteiger partial charge in [0.2, 0.25) is 0 Å². The highest BCUT2D eigenvalue weighted by Crippen LogP contribution is 2.40. The molecule has 0 aliphatic carbocycles. The van der Waals surface area contributed by atoms with Crippen LogP contribution in [0.15, 0.2) is 28.7 Å². The number of halogens is 1. The van der Waals surface area contributed by atoms with Crippen LogP contribution >= 0.6 is 15.9 Å². The van der Waals surface area contributed by atoms with E-state index in [0.29, 0.717) is 0 Å². The summed E-state index contributed by atoms with van der Waals surface area (Å²) in [4.78, 5) is 13.1. The maximum Gasteiger partial charge on any atom is 0.303 e. The maximum absolute atomic E-state index is 11.0. The highest BCUT2D eigenvalue weighted by Gasteiger charge is 2.34. The Balaban J connectivity index is 3.14. The van der Waals surface area contributed by atoms with E-state index in [2.05, 4.69) is 20.8 Å². The van der Waals surface area contributed by atoms with E-state index in [-0.39, 0.29) is 17.9 Å². The second kappa shape index (κ2) is 5.85. The fourth-order valence-electron chi connectivity index (χ4n) is 2.61. The van der Waals surface area contributed by atoms with Gasteiger partial charge in [-0.2, -0.15) is 0 Å². The van der Waals surface area contributed by atoms with Crippen LogP contribution in [0, 0.1) is 5.41 Å². The lowest BCUT2D eigenvalue weighted by atomic mass is 9.77. The first kappa shape index (κ1) is 15.2. The molecule has 0 heterocycles. The molecule has 0 saturated carbocycles. The summed E-state index contributed by atoms with van der Waals surface area (Å²) < 4.78 is 1.01. The summed E-state index contributed by atoms with van der Waals surface area (Å²) in [5.41, 5.74) is 0.788. The maximum atomic E-state index is 11.0. The molecule has 0 aliphatic heterocycles. The molecule has 0 aliphatic rings.